The van der Waals surface area contributed by atoms with E-state index in [4.69, 9.17) is 9.84 Å². The van der Waals surface area contributed by atoms with Crippen LogP contribution in [0.5, 0.6) is 5.75 Å². The van der Waals surface area contributed by atoms with Crippen LogP contribution in [0.4, 0.5) is 0 Å². The number of hydrogen-bond acceptors (Lipinski definition) is 3. The molecule has 0 radical (unpaired) electrons. The molecule has 0 fully saturated rings. The monoisotopic (exact) mass is 288 g/mol. The molecule has 0 saturated heterocycles. The van der Waals surface area contributed by atoms with Crippen LogP contribution >= 0.6 is 11.8 Å². The number of methoxy groups -OCH3 is 1. The first-order valence-electron chi connectivity index (χ1n) is 6.32. The first-order valence-corrected chi connectivity index (χ1v) is 7.13. The maximum absolute atomic E-state index is 10.8. The van der Waals surface area contributed by atoms with Gasteiger partial charge in [0, 0.05) is 9.79 Å². The van der Waals surface area contributed by atoms with E-state index in [2.05, 4.69) is 19.1 Å². The number of carbonyl (C=O) groups is 1. The highest BCUT2D eigenvalue weighted by atomic mass is 32.2. The Morgan fingerprint density at radius 3 is 2.35 bits per heavy atom. The zero-order valence-corrected chi connectivity index (χ0v) is 12.2. The maximum atomic E-state index is 10.8. The lowest BCUT2D eigenvalue weighted by atomic mass is 10.1. The van der Waals surface area contributed by atoms with Crippen molar-refractivity contribution in [2.75, 3.05) is 7.11 Å². The Labute approximate surface area is 122 Å². The summed E-state index contributed by atoms with van der Waals surface area (Å²) in [6, 6.07) is 13.0. The van der Waals surface area contributed by atoms with Crippen molar-refractivity contribution in [3.8, 4) is 5.75 Å². The van der Waals surface area contributed by atoms with Gasteiger partial charge in [-0.2, -0.15) is 0 Å². The van der Waals surface area contributed by atoms with Crippen LogP contribution in [0.3, 0.4) is 0 Å². The number of benzene rings is 2. The van der Waals surface area contributed by atoms with Crippen LogP contribution in [0.2, 0.25) is 0 Å². The number of ether oxygens (including phenoxy) is 1. The maximum Gasteiger partial charge on any atom is 0.335 e. The molecule has 0 heterocycles. The molecule has 4 heteroatoms. The molecule has 2 aromatic carbocycles. The number of aromatic carboxylic acids is 1. The van der Waals surface area contributed by atoms with Crippen molar-refractivity contribution in [3.63, 3.8) is 0 Å². The zero-order valence-electron chi connectivity index (χ0n) is 11.4. The minimum atomic E-state index is -0.907. The molecular weight excluding hydrogens is 272 g/mol. The van der Waals surface area contributed by atoms with Gasteiger partial charge in [-0.15, -0.1) is 0 Å². The van der Waals surface area contributed by atoms with Gasteiger partial charge in [0.25, 0.3) is 0 Å². The van der Waals surface area contributed by atoms with E-state index >= 15 is 0 Å². The lowest BCUT2D eigenvalue weighted by Crippen LogP contribution is -1.94. The van der Waals surface area contributed by atoms with Crippen molar-refractivity contribution in [2.45, 2.75) is 23.1 Å². The third-order valence-electron chi connectivity index (χ3n) is 2.98. The molecule has 0 amide bonds. The van der Waals surface area contributed by atoms with E-state index < -0.39 is 5.97 Å². The van der Waals surface area contributed by atoms with E-state index in [0.29, 0.717) is 5.56 Å². The normalized spacial score (nSPS) is 10.3. The van der Waals surface area contributed by atoms with Gasteiger partial charge in [0.1, 0.15) is 5.75 Å². The van der Waals surface area contributed by atoms with E-state index in [1.165, 1.54) is 5.56 Å². The fourth-order valence-electron chi connectivity index (χ4n) is 1.88. The number of carboxylic acid groups (broad SMARTS) is 1. The molecule has 0 bridgehead atoms. The van der Waals surface area contributed by atoms with Crippen LogP contribution in [0.25, 0.3) is 0 Å². The minimum absolute atomic E-state index is 0.299. The molecule has 0 aliphatic rings. The topological polar surface area (TPSA) is 46.5 Å². The second-order valence-electron chi connectivity index (χ2n) is 4.26. The summed E-state index contributed by atoms with van der Waals surface area (Å²) in [4.78, 5) is 12.9. The fourth-order valence-corrected chi connectivity index (χ4v) is 2.73. The Balaban J connectivity index is 2.19. The highest BCUT2D eigenvalue weighted by Crippen LogP contribution is 2.32. The molecular formula is C16H16O3S. The van der Waals surface area contributed by atoms with Gasteiger partial charge >= 0.3 is 5.97 Å². The Hall–Kier alpha value is -1.94. The molecule has 3 nitrogen and oxygen atoms in total. The molecule has 0 aromatic heterocycles. The molecule has 0 unspecified atom stereocenters. The Kier molecular flexibility index (Phi) is 4.69. The van der Waals surface area contributed by atoms with Gasteiger partial charge in [-0.3, -0.25) is 0 Å². The molecule has 0 spiro atoms. The van der Waals surface area contributed by atoms with Crippen molar-refractivity contribution in [3.05, 3.63) is 53.6 Å². The van der Waals surface area contributed by atoms with E-state index in [0.717, 1.165) is 22.0 Å². The predicted octanol–water partition coefficient (Wildman–Crippen LogP) is 4.11. The third-order valence-corrected chi connectivity index (χ3v) is 3.97. The molecule has 20 heavy (non-hydrogen) atoms. The number of hydrogen-bond donors (Lipinski definition) is 1. The summed E-state index contributed by atoms with van der Waals surface area (Å²) in [6.45, 7) is 2.09. The van der Waals surface area contributed by atoms with Crippen LogP contribution in [0.15, 0.2) is 52.3 Å². The molecule has 0 aliphatic carbocycles. The summed E-state index contributed by atoms with van der Waals surface area (Å²) >= 11 is 1.58. The summed E-state index contributed by atoms with van der Waals surface area (Å²) in [5, 5.41) is 8.87. The fraction of sp³-hybridized carbons (Fsp3) is 0.188. The Morgan fingerprint density at radius 1 is 1.15 bits per heavy atom. The van der Waals surface area contributed by atoms with Gasteiger partial charge in [0.15, 0.2) is 0 Å². The van der Waals surface area contributed by atoms with Gasteiger partial charge in [-0.1, -0.05) is 24.8 Å². The van der Waals surface area contributed by atoms with E-state index in [1.54, 1.807) is 31.0 Å². The highest BCUT2D eigenvalue weighted by Gasteiger charge is 2.06. The van der Waals surface area contributed by atoms with Crippen LogP contribution in [0, 0.1) is 0 Å². The second-order valence-corrected chi connectivity index (χ2v) is 5.41. The summed E-state index contributed by atoms with van der Waals surface area (Å²) in [5.41, 5.74) is 1.48. The average molecular weight is 288 g/mol. The largest absolute Gasteiger partial charge is 0.496 e. The summed E-state index contributed by atoms with van der Waals surface area (Å²) in [7, 11) is 1.67. The lowest BCUT2D eigenvalue weighted by molar-refractivity contribution is 0.0697. The first kappa shape index (κ1) is 14.5. The van der Waals surface area contributed by atoms with Crippen molar-refractivity contribution in [1.29, 1.82) is 0 Å². The van der Waals surface area contributed by atoms with Gasteiger partial charge in [0.05, 0.1) is 12.7 Å². The molecule has 0 aliphatic heterocycles. The smallest absolute Gasteiger partial charge is 0.335 e. The molecule has 0 saturated carbocycles. The average Bonchev–Trinajstić information content (AvgIpc) is 2.47. The predicted molar refractivity (Wildman–Crippen MR) is 79.9 cm³/mol. The highest BCUT2D eigenvalue weighted by molar-refractivity contribution is 7.99. The van der Waals surface area contributed by atoms with E-state index in [9.17, 15) is 4.79 Å². The van der Waals surface area contributed by atoms with Gasteiger partial charge in [-0.05, 0) is 48.4 Å². The van der Waals surface area contributed by atoms with E-state index in [1.807, 2.05) is 18.2 Å². The number of aryl methyl sites for hydroxylation is 1. The Bertz CT molecular complexity index is 606. The van der Waals surface area contributed by atoms with Crippen molar-refractivity contribution >= 4 is 17.7 Å². The van der Waals surface area contributed by atoms with Crippen molar-refractivity contribution in [1.82, 2.24) is 0 Å². The van der Waals surface area contributed by atoms with Gasteiger partial charge in [-0.25, -0.2) is 4.79 Å². The molecule has 104 valence electrons. The molecule has 1 N–H and O–H groups in total. The first-order chi connectivity index (χ1) is 9.63. The molecule has 0 atom stereocenters. The minimum Gasteiger partial charge on any atom is -0.496 e. The zero-order chi connectivity index (χ0) is 14.5. The SMILES string of the molecule is CCc1ccc(Sc2ccc(C(=O)O)cc2)cc1OC. The van der Waals surface area contributed by atoms with Crippen LogP contribution in [-0.2, 0) is 6.42 Å². The standard InChI is InChI=1S/C16H16O3S/c1-3-11-4-9-14(10-15(11)19-2)20-13-7-5-12(6-8-13)16(17)18/h4-10H,3H2,1-2H3,(H,17,18). The molecule has 2 aromatic rings. The third kappa shape index (κ3) is 3.33. The lowest BCUT2D eigenvalue weighted by Gasteiger charge is -2.09. The second kappa shape index (κ2) is 6.48. The van der Waals surface area contributed by atoms with Crippen LogP contribution in [0.1, 0.15) is 22.8 Å². The molecule has 2 rings (SSSR count). The Morgan fingerprint density at radius 2 is 1.80 bits per heavy atom. The van der Waals surface area contributed by atoms with Crippen molar-refractivity contribution in [2.24, 2.45) is 0 Å². The van der Waals surface area contributed by atoms with Gasteiger partial charge < -0.3 is 9.84 Å². The van der Waals surface area contributed by atoms with E-state index in [-0.39, 0.29) is 0 Å². The van der Waals surface area contributed by atoms with Crippen LogP contribution < -0.4 is 4.74 Å². The van der Waals surface area contributed by atoms with Crippen LogP contribution in [-0.4, -0.2) is 18.2 Å². The summed E-state index contributed by atoms with van der Waals surface area (Å²) in [5.74, 6) is -0.0184. The summed E-state index contributed by atoms with van der Waals surface area (Å²) < 4.78 is 5.37. The van der Waals surface area contributed by atoms with Crippen molar-refractivity contribution < 1.29 is 14.6 Å². The number of rotatable bonds is 5. The number of carboxylic acids is 1. The van der Waals surface area contributed by atoms with Gasteiger partial charge in [0.2, 0.25) is 0 Å². The quantitative estimate of drug-likeness (QED) is 0.899. The summed E-state index contributed by atoms with van der Waals surface area (Å²) in [6.07, 6.45) is 0.932.